The van der Waals surface area contributed by atoms with Crippen LogP contribution in [0.5, 0.6) is 0 Å². The molecule has 0 bridgehead atoms. The van der Waals surface area contributed by atoms with Crippen molar-refractivity contribution in [2.24, 2.45) is 0 Å². The Kier molecular flexibility index (Phi) is 4.53. The molecule has 0 aliphatic heterocycles. The van der Waals surface area contributed by atoms with Crippen LogP contribution in [0, 0.1) is 12.7 Å². The molecule has 20 heavy (non-hydrogen) atoms. The largest absolute Gasteiger partial charge is 0.322 e. The molecule has 0 atom stereocenters. The van der Waals surface area contributed by atoms with Gasteiger partial charge in [-0.2, -0.15) is 0 Å². The van der Waals surface area contributed by atoms with E-state index in [2.05, 4.69) is 5.32 Å². The summed E-state index contributed by atoms with van der Waals surface area (Å²) in [6, 6.07) is 11.2. The van der Waals surface area contributed by atoms with Crippen LogP contribution in [0.3, 0.4) is 0 Å². The number of nitrogens with one attached hydrogen (secondary N) is 1. The first kappa shape index (κ1) is 14.3. The number of benzene rings is 2. The first-order valence-electron chi connectivity index (χ1n) is 6.05. The van der Waals surface area contributed by atoms with Gasteiger partial charge in [-0.3, -0.25) is 4.79 Å². The standard InChI is InChI=1S/C16H13ClFNO/c1-11-2-8-14(10-15(11)17)19-16(20)9-5-12-3-6-13(18)7-4-12/h2-10H,1H3,(H,19,20). The molecule has 0 fully saturated rings. The number of carbonyl (C=O) groups is 1. The smallest absolute Gasteiger partial charge is 0.248 e. The Morgan fingerprint density at radius 2 is 1.90 bits per heavy atom. The van der Waals surface area contributed by atoms with Crippen LogP contribution in [0.4, 0.5) is 10.1 Å². The van der Waals surface area contributed by atoms with Crippen molar-refractivity contribution < 1.29 is 9.18 Å². The number of rotatable bonds is 3. The van der Waals surface area contributed by atoms with Crippen LogP contribution in [0.1, 0.15) is 11.1 Å². The monoisotopic (exact) mass is 289 g/mol. The zero-order valence-corrected chi connectivity index (χ0v) is 11.6. The molecule has 4 heteroatoms. The van der Waals surface area contributed by atoms with Gasteiger partial charge in [0.1, 0.15) is 5.82 Å². The van der Waals surface area contributed by atoms with Crippen molar-refractivity contribution in [1.29, 1.82) is 0 Å². The Labute approximate surface area is 121 Å². The van der Waals surface area contributed by atoms with E-state index in [1.54, 1.807) is 30.3 Å². The molecule has 0 heterocycles. The Morgan fingerprint density at radius 3 is 2.55 bits per heavy atom. The van der Waals surface area contributed by atoms with Gasteiger partial charge >= 0.3 is 0 Å². The fraction of sp³-hybridized carbons (Fsp3) is 0.0625. The minimum absolute atomic E-state index is 0.269. The van der Waals surface area contributed by atoms with Gasteiger partial charge in [-0.15, -0.1) is 0 Å². The third-order valence-corrected chi connectivity index (χ3v) is 3.14. The van der Waals surface area contributed by atoms with Gasteiger partial charge in [0.15, 0.2) is 0 Å². The van der Waals surface area contributed by atoms with E-state index in [1.165, 1.54) is 18.2 Å². The van der Waals surface area contributed by atoms with Crippen LogP contribution < -0.4 is 5.32 Å². The average molecular weight is 290 g/mol. The predicted octanol–water partition coefficient (Wildman–Crippen LogP) is 4.44. The highest BCUT2D eigenvalue weighted by Gasteiger charge is 2.00. The van der Waals surface area contributed by atoms with Crippen LogP contribution in [-0.4, -0.2) is 5.91 Å². The molecule has 2 nitrogen and oxygen atoms in total. The Morgan fingerprint density at radius 1 is 1.20 bits per heavy atom. The molecular weight excluding hydrogens is 277 g/mol. The van der Waals surface area contributed by atoms with E-state index in [-0.39, 0.29) is 11.7 Å². The van der Waals surface area contributed by atoms with Crippen molar-refractivity contribution in [3.8, 4) is 0 Å². The summed E-state index contributed by atoms with van der Waals surface area (Å²) < 4.78 is 12.7. The van der Waals surface area contributed by atoms with Crippen molar-refractivity contribution >= 4 is 29.3 Å². The van der Waals surface area contributed by atoms with E-state index in [0.717, 1.165) is 11.1 Å². The number of halogens is 2. The molecule has 1 N–H and O–H groups in total. The number of hydrogen-bond acceptors (Lipinski definition) is 1. The number of amides is 1. The van der Waals surface area contributed by atoms with Gasteiger partial charge in [0.05, 0.1) is 0 Å². The average Bonchev–Trinajstić information content (AvgIpc) is 2.42. The van der Waals surface area contributed by atoms with Gasteiger partial charge in [0, 0.05) is 16.8 Å². The van der Waals surface area contributed by atoms with E-state index in [4.69, 9.17) is 11.6 Å². The number of hydrogen-bond donors (Lipinski definition) is 1. The summed E-state index contributed by atoms with van der Waals surface area (Å²) in [4.78, 5) is 11.7. The number of aryl methyl sites for hydroxylation is 1. The van der Waals surface area contributed by atoms with Crippen molar-refractivity contribution in [3.05, 3.63) is 70.5 Å². The highest BCUT2D eigenvalue weighted by atomic mass is 35.5. The van der Waals surface area contributed by atoms with E-state index in [1.807, 2.05) is 13.0 Å². The van der Waals surface area contributed by atoms with Crippen LogP contribution in [0.25, 0.3) is 6.08 Å². The van der Waals surface area contributed by atoms with E-state index >= 15 is 0 Å². The predicted molar refractivity (Wildman–Crippen MR) is 80.3 cm³/mol. The molecule has 2 aromatic rings. The quantitative estimate of drug-likeness (QED) is 0.832. The van der Waals surface area contributed by atoms with E-state index in [0.29, 0.717) is 10.7 Å². The van der Waals surface area contributed by atoms with Crippen LogP contribution in [-0.2, 0) is 4.79 Å². The third-order valence-electron chi connectivity index (χ3n) is 2.74. The van der Waals surface area contributed by atoms with E-state index < -0.39 is 0 Å². The summed E-state index contributed by atoms with van der Waals surface area (Å²) in [7, 11) is 0. The lowest BCUT2D eigenvalue weighted by atomic mass is 10.2. The van der Waals surface area contributed by atoms with Crippen LogP contribution >= 0.6 is 11.6 Å². The minimum atomic E-state index is -0.305. The second-order valence-corrected chi connectivity index (χ2v) is 4.75. The second kappa shape index (κ2) is 6.35. The topological polar surface area (TPSA) is 29.1 Å². The normalized spacial score (nSPS) is 10.8. The molecule has 0 saturated carbocycles. The minimum Gasteiger partial charge on any atom is -0.322 e. The second-order valence-electron chi connectivity index (χ2n) is 4.34. The Bertz CT molecular complexity index is 650. The molecule has 1 amide bonds. The molecule has 0 saturated heterocycles. The van der Waals surface area contributed by atoms with Gasteiger partial charge in [0.25, 0.3) is 0 Å². The molecule has 0 aliphatic carbocycles. The zero-order valence-electron chi connectivity index (χ0n) is 10.9. The molecule has 0 aliphatic rings. The van der Waals surface area contributed by atoms with Gasteiger partial charge < -0.3 is 5.32 Å². The van der Waals surface area contributed by atoms with Crippen molar-refractivity contribution in [2.75, 3.05) is 5.32 Å². The van der Waals surface area contributed by atoms with Crippen molar-refractivity contribution in [2.45, 2.75) is 6.92 Å². The van der Waals surface area contributed by atoms with Crippen molar-refractivity contribution in [3.63, 3.8) is 0 Å². The van der Waals surface area contributed by atoms with Gasteiger partial charge in [0.2, 0.25) is 5.91 Å². The maximum Gasteiger partial charge on any atom is 0.248 e. The summed E-state index contributed by atoms with van der Waals surface area (Å²) in [5.41, 5.74) is 2.34. The lowest BCUT2D eigenvalue weighted by molar-refractivity contribution is -0.111. The Balaban J connectivity index is 2.01. The Hall–Kier alpha value is -2.13. The van der Waals surface area contributed by atoms with E-state index in [9.17, 15) is 9.18 Å². The number of carbonyl (C=O) groups excluding carboxylic acids is 1. The summed E-state index contributed by atoms with van der Waals surface area (Å²) >= 11 is 5.98. The zero-order chi connectivity index (χ0) is 14.5. The summed E-state index contributed by atoms with van der Waals surface area (Å²) in [5, 5.41) is 3.31. The molecule has 2 aromatic carbocycles. The SMILES string of the molecule is Cc1ccc(NC(=O)C=Cc2ccc(F)cc2)cc1Cl. The van der Waals surface area contributed by atoms with Gasteiger partial charge in [-0.05, 0) is 48.4 Å². The van der Waals surface area contributed by atoms with Crippen molar-refractivity contribution in [1.82, 2.24) is 0 Å². The molecule has 0 unspecified atom stereocenters. The maximum absolute atomic E-state index is 12.7. The summed E-state index contributed by atoms with van der Waals surface area (Å²) in [6.07, 6.45) is 3.01. The fourth-order valence-electron chi connectivity index (χ4n) is 1.60. The summed E-state index contributed by atoms with van der Waals surface area (Å²) in [5.74, 6) is -0.574. The molecular formula is C16H13ClFNO. The first-order valence-corrected chi connectivity index (χ1v) is 6.43. The van der Waals surface area contributed by atoms with Crippen LogP contribution in [0.2, 0.25) is 5.02 Å². The van der Waals surface area contributed by atoms with Gasteiger partial charge in [-0.25, -0.2) is 4.39 Å². The fourth-order valence-corrected chi connectivity index (χ4v) is 1.78. The highest BCUT2D eigenvalue weighted by molar-refractivity contribution is 6.31. The first-order chi connectivity index (χ1) is 9.54. The van der Waals surface area contributed by atoms with Crippen LogP contribution in [0.15, 0.2) is 48.5 Å². The lowest BCUT2D eigenvalue weighted by Gasteiger charge is -2.04. The maximum atomic E-state index is 12.7. The molecule has 102 valence electrons. The molecule has 0 radical (unpaired) electrons. The number of anilines is 1. The molecule has 2 rings (SSSR count). The molecule has 0 aromatic heterocycles. The molecule has 0 spiro atoms. The van der Waals surface area contributed by atoms with Gasteiger partial charge in [-0.1, -0.05) is 29.8 Å². The highest BCUT2D eigenvalue weighted by Crippen LogP contribution is 2.19. The lowest BCUT2D eigenvalue weighted by Crippen LogP contribution is -2.07. The third kappa shape index (κ3) is 3.93. The summed E-state index contributed by atoms with van der Waals surface area (Å²) in [6.45, 7) is 1.89.